The van der Waals surface area contributed by atoms with Gasteiger partial charge in [-0.05, 0) is 50.6 Å². The average Bonchev–Trinajstić information content (AvgIpc) is 2.48. The maximum absolute atomic E-state index is 12.6. The van der Waals surface area contributed by atoms with Crippen molar-refractivity contribution >= 4 is 10.2 Å². The number of hydrogen-bond donors (Lipinski definition) is 1. The monoisotopic (exact) mass is 317 g/mol. The van der Waals surface area contributed by atoms with E-state index in [4.69, 9.17) is 0 Å². The summed E-state index contributed by atoms with van der Waals surface area (Å²) in [5, 5.41) is 3.49. The highest BCUT2D eigenvalue weighted by Crippen LogP contribution is 2.23. The number of nitrogens with zero attached hydrogens (tertiary/aromatic N) is 2. The van der Waals surface area contributed by atoms with E-state index in [-0.39, 0.29) is 0 Å². The SMILES string of the molecule is CC(C)CNCC1CCN(S(=O)(=O)N2CCCCC2)CC1. The van der Waals surface area contributed by atoms with Crippen LogP contribution in [0.25, 0.3) is 0 Å². The van der Waals surface area contributed by atoms with Crippen molar-refractivity contribution < 1.29 is 8.42 Å². The second kappa shape index (κ2) is 7.90. The Balaban J connectivity index is 1.77. The summed E-state index contributed by atoms with van der Waals surface area (Å²) in [6, 6.07) is 0. The number of piperidine rings is 2. The molecule has 0 saturated carbocycles. The summed E-state index contributed by atoms with van der Waals surface area (Å²) in [5.74, 6) is 1.29. The van der Waals surface area contributed by atoms with Gasteiger partial charge in [-0.2, -0.15) is 17.0 Å². The van der Waals surface area contributed by atoms with Gasteiger partial charge < -0.3 is 5.32 Å². The molecule has 5 nitrogen and oxygen atoms in total. The summed E-state index contributed by atoms with van der Waals surface area (Å²) in [6.07, 6.45) is 5.15. The van der Waals surface area contributed by atoms with Crippen molar-refractivity contribution in [3.05, 3.63) is 0 Å². The molecule has 0 aliphatic carbocycles. The molecule has 0 spiro atoms. The van der Waals surface area contributed by atoms with Crippen LogP contribution in [-0.4, -0.2) is 56.3 Å². The standard InChI is InChI=1S/C15H31N3O2S/c1-14(2)12-16-13-15-6-10-18(11-7-15)21(19,20)17-8-4-3-5-9-17/h14-16H,3-13H2,1-2H3. The van der Waals surface area contributed by atoms with E-state index < -0.39 is 10.2 Å². The highest BCUT2D eigenvalue weighted by atomic mass is 32.2. The molecular weight excluding hydrogens is 286 g/mol. The van der Waals surface area contributed by atoms with Gasteiger partial charge in [0.1, 0.15) is 0 Å². The van der Waals surface area contributed by atoms with Gasteiger partial charge in [0.15, 0.2) is 0 Å². The zero-order valence-electron chi connectivity index (χ0n) is 13.6. The first-order valence-corrected chi connectivity index (χ1v) is 9.86. The molecular formula is C15H31N3O2S. The molecule has 0 aromatic heterocycles. The van der Waals surface area contributed by atoms with Crippen LogP contribution in [-0.2, 0) is 10.2 Å². The minimum Gasteiger partial charge on any atom is -0.316 e. The molecule has 2 saturated heterocycles. The average molecular weight is 317 g/mol. The molecule has 2 rings (SSSR count). The molecule has 2 fully saturated rings. The minimum atomic E-state index is -3.20. The van der Waals surface area contributed by atoms with Gasteiger partial charge in [0, 0.05) is 26.2 Å². The third kappa shape index (κ3) is 4.91. The molecule has 21 heavy (non-hydrogen) atoms. The van der Waals surface area contributed by atoms with Gasteiger partial charge in [-0.3, -0.25) is 0 Å². The molecule has 6 heteroatoms. The van der Waals surface area contributed by atoms with Crippen LogP contribution in [0.3, 0.4) is 0 Å². The molecule has 2 aliphatic rings. The first-order valence-electron chi connectivity index (χ1n) is 8.46. The van der Waals surface area contributed by atoms with Crippen LogP contribution in [0.4, 0.5) is 0 Å². The van der Waals surface area contributed by atoms with E-state index >= 15 is 0 Å². The first-order chi connectivity index (χ1) is 10.00. The highest BCUT2D eigenvalue weighted by molar-refractivity contribution is 7.86. The van der Waals surface area contributed by atoms with E-state index in [1.165, 1.54) is 0 Å². The Labute approximate surface area is 130 Å². The number of hydrogen-bond acceptors (Lipinski definition) is 3. The van der Waals surface area contributed by atoms with Crippen molar-refractivity contribution in [2.75, 3.05) is 39.3 Å². The summed E-state index contributed by atoms with van der Waals surface area (Å²) in [5.41, 5.74) is 0. The van der Waals surface area contributed by atoms with E-state index in [1.807, 2.05) is 0 Å². The van der Waals surface area contributed by atoms with E-state index in [9.17, 15) is 8.42 Å². The van der Waals surface area contributed by atoms with Crippen molar-refractivity contribution in [1.82, 2.24) is 13.9 Å². The summed E-state index contributed by atoms with van der Waals surface area (Å²) >= 11 is 0. The Morgan fingerprint density at radius 1 is 1.00 bits per heavy atom. The molecule has 0 radical (unpaired) electrons. The maximum atomic E-state index is 12.6. The Hall–Kier alpha value is -0.170. The number of nitrogens with one attached hydrogen (secondary N) is 1. The zero-order chi connectivity index (χ0) is 15.3. The van der Waals surface area contributed by atoms with Crippen LogP contribution in [0, 0.1) is 11.8 Å². The van der Waals surface area contributed by atoms with Crippen molar-refractivity contribution in [1.29, 1.82) is 0 Å². The van der Waals surface area contributed by atoms with Crippen LogP contribution in [0.15, 0.2) is 0 Å². The topological polar surface area (TPSA) is 52.7 Å². The lowest BCUT2D eigenvalue weighted by Crippen LogP contribution is -2.49. The van der Waals surface area contributed by atoms with Crippen LogP contribution in [0.5, 0.6) is 0 Å². The van der Waals surface area contributed by atoms with Crippen LogP contribution in [0.1, 0.15) is 46.0 Å². The first kappa shape index (κ1) is 17.2. The van der Waals surface area contributed by atoms with Crippen LogP contribution < -0.4 is 5.32 Å². The highest BCUT2D eigenvalue weighted by Gasteiger charge is 2.33. The van der Waals surface area contributed by atoms with Crippen LogP contribution in [0.2, 0.25) is 0 Å². The molecule has 2 heterocycles. The normalized spacial score (nSPS) is 23.8. The Morgan fingerprint density at radius 3 is 2.14 bits per heavy atom. The summed E-state index contributed by atoms with van der Waals surface area (Å²) in [7, 11) is -3.20. The molecule has 0 unspecified atom stereocenters. The lowest BCUT2D eigenvalue weighted by atomic mass is 9.98. The molecule has 124 valence electrons. The van der Waals surface area contributed by atoms with Crippen molar-refractivity contribution in [3.63, 3.8) is 0 Å². The zero-order valence-corrected chi connectivity index (χ0v) is 14.4. The largest absolute Gasteiger partial charge is 0.316 e. The molecule has 0 aromatic carbocycles. The van der Waals surface area contributed by atoms with Crippen molar-refractivity contribution in [3.8, 4) is 0 Å². The fourth-order valence-electron chi connectivity index (χ4n) is 3.18. The number of rotatable bonds is 6. The smallest absolute Gasteiger partial charge is 0.281 e. The Morgan fingerprint density at radius 2 is 1.57 bits per heavy atom. The quantitative estimate of drug-likeness (QED) is 0.811. The van der Waals surface area contributed by atoms with Gasteiger partial charge >= 0.3 is 0 Å². The van der Waals surface area contributed by atoms with Gasteiger partial charge in [-0.1, -0.05) is 20.3 Å². The molecule has 1 N–H and O–H groups in total. The van der Waals surface area contributed by atoms with Crippen LogP contribution >= 0.6 is 0 Å². The summed E-state index contributed by atoms with van der Waals surface area (Å²) in [4.78, 5) is 0. The predicted molar refractivity (Wildman–Crippen MR) is 86.3 cm³/mol. The summed E-state index contributed by atoms with van der Waals surface area (Å²) < 4.78 is 28.6. The fraction of sp³-hybridized carbons (Fsp3) is 1.00. The predicted octanol–water partition coefficient (Wildman–Crippen LogP) is 1.67. The fourth-order valence-corrected chi connectivity index (χ4v) is 4.90. The van der Waals surface area contributed by atoms with Crippen molar-refractivity contribution in [2.24, 2.45) is 11.8 Å². The molecule has 0 aromatic rings. The van der Waals surface area contributed by atoms with E-state index in [0.29, 0.717) is 38.0 Å². The Bertz CT molecular complexity index is 397. The van der Waals surface area contributed by atoms with Gasteiger partial charge in [0.2, 0.25) is 0 Å². The molecule has 0 atom stereocenters. The maximum Gasteiger partial charge on any atom is 0.281 e. The second-order valence-corrected chi connectivity index (χ2v) is 8.79. The van der Waals surface area contributed by atoms with Gasteiger partial charge in [-0.15, -0.1) is 0 Å². The minimum absolute atomic E-state index is 0.622. The molecule has 2 aliphatic heterocycles. The van der Waals surface area contributed by atoms with E-state index in [1.54, 1.807) is 8.61 Å². The second-order valence-electron chi connectivity index (χ2n) is 6.86. The molecule has 0 bridgehead atoms. The van der Waals surface area contributed by atoms with E-state index in [0.717, 1.165) is 45.2 Å². The molecule has 0 amide bonds. The lowest BCUT2D eigenvalue weighted by molar-refractivity contribution is 0.240. The third-order valence-electron chi connectivity index (χ3n) is 4.53. The van der Waals surface area contributed by atoms with Gasteiger partial charge in [0.05, 0.1) is 0 Å². The van der Waals surface area contributed by atoms with Gasteiger partial charge in [0.25, 0.3) is 10.2 Å². The van der Waals surface area contributed by atoms with Gasteiger partial charge in [-0.25, -0.2) is 0 Å². The summed E-state index contributed by atoms with van der Waals surface area (Å²) in [6.45, 7) is 9.28. The van der Waals surface area contributed by atoms with E-state index in [2.05, 4.69) is 19.2 Å². The Kier molecular flexibility index (Phi) is 6.47. The third-order valence-corrected chi connectivity index (χ3v) is 6.56. The lowest BCUT2D eigenvalue weighted by Gasteiger charge is -2.36. The van der Waals surface area contributed by atoms with Crippen molar-refractivity contribution in [2.45, 2.75) is 46.0 Å².